The number of ether oxygens (including phenoxy) is 1. The van der Waals surface area contributed by atoms with E-state index in [0.717, 1.165) is 31.2 Å². The van der Waals surface area contributed by atoms with Gasteiger partial charge in [-0.15, -0.1) is 0 Å². The summed E-state index contributed by atoms with van der Waals surface area (Å²) >= 11 is 3.34. The predicted molar refractivity (Wildman–Crippen MR) is 71.8 cm³/mol. The molecule has 3 rings (SSSR count). The molecule has 4 heteroatoms. The van der Waals surface area contributed by atoms with E-state index in [1.807, 2.05) is 6.07 Å². The first-order valence-corrected chi connectivity index (χ1v) is 7.22. The molecule has 0 aromatic heterocycles. The Balaban J connectivity index is 1.88. The molecule has 2 bridgehead atoms. The summed E-state index contributed by atoms with van der Waals surface area (Å²) in [6, 6.07) is 5.20. The van der Waals surface area contributed by atoms with Crippen molar-refractivity contribution in [3.05, 3.63) is 34.1 Å². The van der Waals surface area contributed by atoms with Crippen molar-refractivity contribution < 1.29 is 9.13 Å². The van der Waals surface area contributed by atoms with Gasteiger partial charge in [-0.25, -0.2) is 4.39 Å². The Morgan fingerprint density at radius 2 is 2.28 bits per heavy atom. The summed E-state index contributed by atoms with van der Waals surface area (Å²) in [5.74, 6) is -0.205. The van der Waals surface area contributed by atoms with Crippen molar-refractivity contribution in [3.8, 4) is 0 Å². The molecule has 3 atom stereocenters. The van der Waals surface area contributed by atoms with Crippen LogP contribution in [0.4, 0.5) is 4.39 Å². The first-order valence-electron chi connectivity index (χ1n) is 6.43. The Hall–Kier alpha value is -0.450. The van der Waals surface area contributed by atoms with Crippen LogP contribution in [0, 0.1) is 11.2 Å². The fourth-order valence-electron chi connectivity index (χ4n) is 3.43. The Bertz CT molecular complexity index is 467. The summed E-state index contributed by atoms with van der Waals surface area (Å²) in [4.78, 5) is 0. The van der Waals surface area contributed by atoms with Gasteiger partial charge in [0.05, 0.1) is 16.7 Å². The molecule has 2 fully saturated rings. The number of nitrogens with two attached hydrogens (primary N) is 1. The van der Waals surface area contributed by atoms with Crippen LogP contribution in [0.3, 0.4) is 0 Å². The van der Waals surface area contributed by atoms with Gasteiger partial charge in [0.1, 0.15) is 5.82 Å². The van der Waals surface area contributed by atoms with Gasteiger partial charge in [-0.05, 0) is 53.2 Å². The van der Waals surface area contributed by atoms with Gasteiger partial charge in [-0.3, -0.25) is 0 Å². The molecule has 2 saturated heterocycles. The summed E-state index contributed by atoms with van der Waals surface area (Å²) in [6.07, 6.45) is 4.67. The van der Waals surface area contributed by atoms with Gasteiger partial charge in [0.25, 0.3) is 0 Å². The summed E-state index contributed by atoms with van der Waals surface area (Å²) < 4.78 is 20.1. The van der Waals surface area contributed by atoms with E-state index >= 15 is 0 Å². The lowest BCUT2D eigenvalue weighted by atomic mass is 9.70. The maximum atomic E-state index is 13.6. The lowest BCUT2D eigenvalue weighted by molar-refractivity contribution is 0.0635. The van der Waals surface area contributed by atoms with E-state index in [-0.39, 0.29) is 17.3 Å². The Morgan fingerprint density at radius 3 is 2.89 bits per heavy atom. The van der Waals surface area contributed by atoms with Crippen LogP contribution < -0.4 is 5.73 Å². The highest BCUT2D eigenvalue weighted by Crippen LogP contribution is 2.49. The average Bonchev–Trinajstić information content (AvgIpc) is 2.96. The van der Waals surface area contributed by atoms with Gasteiger partial charge in [0.2, 0.25) is 0 Å². The standard InChI is InChI=1S/C14H17BrFNO/c15-13-9(2-1-3-11(13)16)6-14(8-17)7-10-4-5-12(14)18-10/h1-3,10,12H,4-8,17H2. The van der Waals surface area contributed by atoms with Crippen molar-refractivity contribution in [2.75, 3.05) is 6.54 Å². The maximum absolute atomic E-state index is 13.6. The van der Waals surface area contributed by atoms with Gasteiger partial charge in [-0.1, -0.05) is 12.1 Å². The van der Waals surface area contributed by atoms with Gasteiger partial charge in [0.15, 0.2) is 0 Å². The summed E-state index contributed by atoms with van der Waals surface area (Å²) in [7, 11) is 0. The highest BCUT2D eigenvalue weighted by molar-refractivity contribution is 9.10. The first-order chi connectivity index (χ1) is 8.64. The molecule has 2 N–H and O–H groups in total. The van der Waals surface area contributed by atoms with Crippen molar-refractivity contribution in [2.45, 2.75) is 37.9 Å². The second-order valence-corrected chi connectivity index (χ2v) is 6.28. The third kappa shape index (κ3) is 1.91. The Labute approximate surface area is 115 Å². The number of fused-ring (bicyclic) bond motifs is 2. The van der Waals surface area contributed by atoms with Crippen molar-refractivity contribution in [1.29, 1.82) is 0 Å². The SMILES string of the molecule is NCC1(Cc2cccc(F)c2Br)CC2CCC1O2. The molecule has 0 spiro atoms. The fourth-order valence-corrected chi connectivity index (χ4v) is 3.83. The molecule has 0 amide bonds. The topological polar surface area (TPSA) is 35.2 Å². The van der Waals surface area contributed by atoms with Crippen LogP contribution in [0.2, 0.25) is 0 Å². The van der Waals surface area contributed by atoms with Gasteiger partial charge >= 0.3 is 0 Å². The van der Waals surface area contributed by atoms with Crippen LogP contribution in [0.1, 0.15) is 24.8 Å². The zero-order chi connectivity index (χ0) is 12.8. The number of hydrogen-bond donors (Lipinski definition) is 1. The molecule has 2 nitrogen and oxygen atoms in total. The molecule has 2 aliphatic heterocycles. The molecule has 0 aliphatic carbocycles. The predicted octanol–water partition coefficient (Wildman–Crippen LogP) is 3.03. The maximum Gasteiger partial charge on any atom is 0.137 e. The third-order valence-electron chi connectivity index (χ3n) is 4.41. The van der Waals surface area contributed by atoms with E-state index in [1.165, 1.54) is 6.07 Å². The molecule has 2 aliphatic rings. The van der Waals surface area contributed by atoms with E-state index in [1.54, 1.807) is 6.07 Å². The second kappa shape index (κ2) is 4.58. The molecule has 98 valence electrons. The summed E-state index contributed by atoms with van der Waals surface area (Å²) in [6.45, 7) is 0.608. The molecule has 1 aromatic carbocycles. The minimum Gasteiger partial charge on any atom is -0.374 e. The highest BCUT2D eigenvalue weighted by atomic mass is 79.9. The molecule has 2 heterocycles. The fraction of sp³-hybridized carbons (Fsp3) is 0.571. The van der Waals surface area contributed by atoms with Gasteiger partial charge in [-0.2, -0.15) is 0 Å². The molecule has 18 heavy (non-hydrogen) atoms. The Kier molecular flexibility index (Phi) is 3.20. The van der Waals surface area contributed by atoms with Crippen LogP contribution in [0.25, 0.3) is 0 Å². The first kappa shape index (κ1) is 12.6. The average molecular weight is 314 g/mol. The van der Waals surface area contributed by atoms with Crippen LogP contribution >= 0.6 is 15.9 Å². The lowest BCUT2D eigenvalue weighted by Crippen LogP contribution is -2.41. The smallest absolute Gasteiger partial charge is 0.137 e. The molecule has 0 radical (unpaired) electrons. The van der Waals surface area contributed by atoms with Crippen molar-refractivity contribution in [3.63, 3.8) is 0 Å². The zero-order valence-electron chi connectivity index (χ0n) is 10.2. The van der Waals surface area contributed by atoms with Crippen LogP contribution in [0.15, 0.2) is 22.7 Å². The van der Waals surface area contributed by atoms with Gasteiger partial charge in [0, 0.05) is 12.0 Å². The van der Waals surface area contributed by atoms with Crippen LogP contribution in [-0.2, 0) is 11.2 Å². The number of halogens is 2. The lowest BCUT2D eigenvalue weighted by Gasteiger charge is -2.34. The summed E-state index contributed by atoms with van der Waals surface area (Å²) in [5.41, 5.74) is 7.00. The molecular formula is C14H17BrFNO. The molecule has 0 saturated carbocycles. The van der Waals surface area contributed by atoms with Gasteiger partial charge < -0.3 is 10.5 Å². The number of hydrogen-bond acceptors (Lipinski definition) is 2. The quantitative estimate of drug-likeness (QED) is 0.931. The minimum absolute atomic E-state index is 0.000764. The van der Waals surface area contributed by atoms with Crippen molar-refractivity contribution >= 4 is 15.9 Å². The highest BCUT2D eigenvalue weighted by Gasteiger charge is 2.51. The molecule has 1 aromatic rings. The van der Waals surface area contributed by atoms with Crippen LogP contribution in [0.5, 0.6) is 0 Å². The molecule has 3 unspecified atom stereocenters. The summed E-state index contributed by atoms with van der Waals surface area (Å²) in [5, 5.41) is 0. The Morgan fingerprint density at radius 1 is 1.44 bits per heavy atom. The monoisotopic (exact) mass is 313 g/mol. The zero-order valence-corrected chi connectivity index (χ0v) is 11.7. The van der Waals surface area contributed by atoms with E-state index in [4.69, 9.17) is 10.5 Å². The van der Waals surface area contributed by atoms with E-state index in [0.29, 0.717) is 17.1 Å². The van der Waals surface area contributed by atoms with E-state index < -0.39 is 0 Å². The second-order valence-electron chi connectivity index (χ2n) is 5.48. The van der Waals surface area contributed by atoms with Crippen molar-refractivity contribution in [1.82, 2.24) is 0 Å². The normalized spacial score (nSPS) is 34.2. The van der Waals surface area contributed by atoms with Crippen LogP contribution in [-0.4, -0.2) is 18.8 Å². The third-order valence-corrected chi connectivity index (χ3v) is 5.29. The van der Waals surface area contributed by atoms with E-state index in [2.05, 4.69) is 15.9 Å². The molecular weight excluding hydrogens is 297 g/mol. The van der Waals surface area contributed by atoms with E-state index in [9.17, 15) is 4.39 Å². The number of rotatable bonds is 3. The van der Waals surface area contributed by atoms with Crippen molar-refractivity contribution in [2.24, 2.45) is 11.1 Å². The number of benzene rings is 1. The largest absolute Gasteiger partial charge is 0.374 e. The minimum atomic E-state index is -0.205.